The molecule has 6 nitrogen and oxygen atoms in total. The van der Waals surface area contributed by atoms with E-state index in [2.05, 4.69) is 0 Å². The topological polar surface area (TPSA) is 75.0 Å². The van der Waals surface area contributed by atoms with Crippen molar-refractivity contribution in [1.29, 1.82) is 0 Å². The van der Waals surface area contributed by atoms with E-state index in [0.717, 1.165) is 5.56 Å². The van der Waals surface area contributed by atoms with E-state index in [-0.39, 0.29) is 11.3 Å². The molecule has 3 aromatic rings. The highest BCUT2D eigenvalue weighted by Crippen LogP contribution is 2.38. The molecule has 3 rings (SSSR count). The first-order chi connectivity index (χ1) is 12.0. The van der Waals surface area contributed by atoms with Gasteiger partial charge in [-0.1, -0.05) is 12.1 Å². The first-order valence-electron chi connectivity index (χ1n) is 7.50. The molecule has 0 unspecified atom stereocenters. The van der Waals surface area contributed by atoms with Crippen molar-refractivity contribution in [3.05, 3.63) is 52.9 Å². The predicted octanol–water partition coefficient (Wildman–Crippen LogP) is 3.40. The van der Waals surface area contributed by atoms with E-state index in [9.17, 15) is 9.59 Å². The highest BCUT2D eigenvalue weighted by atomic mass is 16.5. The summed E-state index contributed by atoms with van der Waals surface area (Å²) in [6.45, 7) is 1.30. The van der Waals surface area contributed by atoms with Gasteiger partial charge in [-0.2, -0.15) is 0 Å². The summed E-state index contributed by atoms with van der Waals surface area (Å²) >= 11 is 0. The Bertz CT molecular complexity index is 1000. The summed E-state index contributed by atoms with van der Waals surface area (Å²) in [6, 6.07) is 11.7. The molecule has 0 bridgehead atoms. The average Bonchev–Trinajstić information content (AvgIpc) is 2.60. The molecule has 0 spiro atoms. The van der Waals surface area contributed by atoms with Crippen LogP contribution in [0.3, 0.4) is 0 Å². The summed E-state index contributed by atoms with van der Waals surface area (Å²) in [4.78, 5) is 23.5. The van der Waals surface area contributed by atoms with E-state index in [1.165, 1.54) is 20.1 Å². The lowest BCUT2D eigenvalue weighted by Crippen LogP contribution is -2.05. The molecular formula is C19H16O6. The minimum absolute atomic E-state index is 0.253. The fourth-order valence-corrected chi connectivity index (χ4v) is 2.61. The summed E-state index contributed by atoms with van der Waals surface area (Å²) in [5.74, 6) is 0.817. The molecule has 0 radical (unpaired) electrons. The Kier molecular flexibility index (Phi) is 4.43. The van der Waals surface area contributed by atoms with Crippen LogP contribution < -0.4 is 19.8 Å². The quantitative estimate of drug-likeness (QED) is 0.412. The van der Waals surface area contributed by atoms with Gasteiger partial charge in [0, 0.05) is 30.7 Å². The maximum absolute atomic E-state index is 12.0. The van der Waals surface area contributed by atoms with Crippen LogP contribution in [0.2, 0.25) is 0 Å². The highest BCUT2D eigenvalue weighted by molar-refractivity contribution is 5.99. The third-order valence-corrected chi connectivity index (χ3v) is 3.65. The van der Waals surface area contributed by atoms with Gasteiger partial charge in [0.1, 0.15) is 22.8 Å². The van der Waals surface area contributed by atoms with Crippen LogP contribution in [0.25, 0.3) is 22.1 Å². The molecule has 0 atom stereocenters. The van der Waals surface area contributed by atoms with Crippen LogP contribution in [0.5, 0.6) is 17.2 Å². The van der Waals surface area contributed by atoms with Crippen LogP contribution in [0.4, 0.5) is 0 Å². The lowest BCUT2D eigenvalue weighted by molar-refractivity contribution is -0.131. The van der Waals surface area contributed by atoms with Crippen molar-refractivity contribution >= 4 is 16.9 Å². The molecule has 0 amide bonds. The van der Waals surface area contributed by atoms with Gasteiger partial charge in [0.25, 0.3) is 0 Å². The van der Waals surface area contributed by atoms with E-state index in [1.54, 1.807) is 31.4 Å². The molecule has 0 aliphatic heterocycles. The minimum Gasteiger partial charge on any atom is -0.497 e. The van der Waals surface area contributed by atoms with Crippen molar-refractivity contribution in [2.75, 3.05) is 14.2 Å². The molecule has 0 N–H and O–H groups in total. The summed E-state index contributed by atoms with van der Waals surface area (Å²) in [5, 5.41) is 0.504. The maximum Gasteiger partial charge on any atom is 0.336 e. The van der Waals surface area contributed by atoms with E-state index in [4.69, 9.17) is 18.6 Å². The van der Waals surface area contributed by atoms with Crippen LogP contribution in [0.1, 0.15) is 6.92 Å². The zero-order valence-corrected chi connectivity index (χ0v) is 14.0. The number of fused-ring (bicyclic) bond motifs is 1. The van der Waals surface area contributed by atoms with Crippen LogP contribution in [0.15, 0.2) is 51.7 Å². The van der Waals surface area contributed by atoms with Crippen LogP contribution >= 0.6 is 0 Å². The van der Waals surface area contributed by atoms with Crippen LogP contribution in [-0.4, -0.2) is 20.2 Å². The van der Waals surface area contributed by atoms with Gasteiger partial charge in [-0.15, -0.1) is 0 Å². The first-order valence-corrected chi connectivity index (χ1v) is 7.50. The lowest BCUT2D eigenvalue weighted by atomic mass is 10.0. The van der Waals surface area contributed by atoms with E-state index in [0.29, 0.717) is 22.4 Å². The van der Waals surface area contributed by atoms with Crippen molar-refractivity contribution in [2.24, 2.45) is 0 Å². The van der Waals surface area contributed by atoms with Gasteiger partial charge in [0.2, 0.25) is 0 Å². The number of carbonyl (C=O) groups excluding carboxylic acids is 1. The Morgan fingerprint density at radius 3 is 2.44 bits per heavy atom. The molecule has 25 heavy (non-hydrogen) atoms. The summed E-state index contributed by atoms with van der Waals surface area (Å²) in [6.07, 6.45) is 0. The van der Waals surface area contributed by atoms with Crippen molar-refractivity contribution in [1.82, 2.24) is 0 Å². The second-order valence-electron chi connectivity index (χ2n) is 5.30. The maximum atomic E-state index is 12.0. The Morgan fingerprint density at radius 2 is 1.76 bits per heavy atom. The van der Waals surface area contributed by atoms with Crippen LogP contribution in [-0.2, 0) is 4.79 Å². The van der Waals surface area contributed by atoms with Crippen molar-refractivity contribution in [2.45, 2.75) is 6.92 Å². The molecule has 0 aliphatic carbocycles. The largest absolute Gasteiger partial charge is 0.497 e. The average molecular weight is 340 g/mol. The Balaban J connectivity index is 2.37. The van der Waals surface area contributed by atoms with E-state index < -0.39 is 11.6 Å². The fourth-order valence-electron chi connectivity index (χ4n) is 2.61. The van der Waals surface area contributed by atoms with Gasteiger partial charge in [-0.05, 0) is 17.7 Å². The molecular weight excluding hydrogens is 324 g/mol. The van der Waals surface area contributed by atoms with Gasteiger partial charge in [0.15, 0.2) is 0 Å². The number of methoxy groups -OCH3 is 2. The molecule has 0 saturated heterocycles. The van der Waals surface area contributed by atoms with Gasteiger partial charge < -0.3 is 18.6 Å². The molecule has 0 aliphatic rings. The summed E-state index contributed by atoms with van der Waals surface area (Å²) in [5.41, 5.74) is 1.05. The van der Waals surface area contributed by atoms with E-state index >= 15 is 0 Å². The summed E-state index contributed by atoms with van der Waals surface area (Å²) in [7, 11) is 3.04. The van der Waals surface area contributed by atoms with Crippen molar-refractivity contribution in [3.8, 4) is 28.4 Å². The zero-order chi connectivity index (χ0) is 18.0. The predicted molar refractivity (Wildman–Crippen MR) is 92.3 cm³/mol. The smallest absolute Gasteiger partial charge is 0.336 e. The highest BCUT2D eigenvalue weighted by Gasteiger charge is 2.17. The number of benzene rings is 2. The summed E-state index contributed by atoms with van der Waals surface area (Å²) < 4.78 is 21.0. The van der Waals surface area contributed by atoms with Crippen molar-refractivity contribution in [3.63, 3.8) is 0 Å². The van der Waals surface area contributed by atoms with Crippen molar-refractivity contribution < 1.29 is 23.4 Å². The molecule has 6 heteroatoms. The molecule has 0 fully saturated rings. The third-order valence-electron chi connectivity index (χ3n) is 3.65. The second-order valence-corrected chi connectivity index (χ2v) is 5.30. The Hall–Kier alpha value is -3.28. The molecule has 1 heterocycles. The fraction of sp³-hybridized carbons (Fsp3) is 0.158. The lowest BCUT2D eigenvalue weighted by Gasteiger charge is -2.12. The molecule has 128 valence electrons. The number of rotatable bonds is 4. The normalized spacial score (nSPS) is 10.5. The Morgan fingerprint density at radius 1 is 1.00 bits per heavy atom. The monoisotopic (exact) mass is 340 g/mol. The molecule has 0 saturated carbocycles. The number of hydrogen-bond acceptors (Lipinski definition) is 6. The van der Waals surface area contributed by atoms with Crippen LogP contribution in [0, 0.1) is 0 Å². The van der Waals surface area contributed by atoms with Gasteiger partial charge >= 0.3 is 11.6 Å². The number of carbonyl (C=O) groups is 1. The van der Waals surface area contributed by atoms with E-state index in [1.807, 2.05) is 12.1 Å². The minimum atomic E-state index is -0.521. The SMILES string of the molecule is COc1cccc(-c2cc(=O)oc3cc(OC)cc(OC(C)=O)c23)c1. The zero-order valence-electron chi connectivity index (χ0n) is 14.0. The number of ether oxygens (including phenoxy) is 3. The van der Waals surface area contributed by atoms with Gasteiger partial charge in [-0.25, -0.2) is 4.79 Å². The van der Waals surface area contributed by atoms with Gasteiger partial charge in [-0.3, -0.25) is 4.79 Å². The number of esters is 1. The first kappa shape index (κ1) is 16.6. The Labute approximate surface area is 143 Å². The second kappa shape index (κ2) is 6.68. The van der Waals surface area contributed by atoms with Gasteiger partial charge in [0.05, 0.1) is 19.6 Å². The number of hydrogen-bond donors (Lipinski definition) is 0. The molecule has 1 aromatic heterocycles. The third kappa shape index (κ3) is 3.33. The standard InChI is InChI=1S/C19H16O6/c1-11(20)24-16-8-14(23-3)9-17-19(16)15(10-18(21)25-17)12-5-4-6-13(7-12)22-2/h4-10H,1-3H3. The molecule has 2 aromatic carbocycles.